The first-order chi connectivity index (χ1) is 9.66. The zero-order valence-electron chi connectivity index (χ0n) is 10.2. The van der Waals surface area contributed by atoms with Crippen LogP contribution in [0.1, 0.15) is 0 Å². The van der Waals surface area contributed by atoms with Gasteiger partial charge in [-0.25, -0.2) is 9.29 Å². The van der Waals surface area contributed by atoms with Crippen LogP contribution in [-0.2, 0) is 19.1 Å². The van der Waals surface area contributed by atoms with E-state index in [1.54, 1.807) is 0 Å². The Hall–Kier alpha value is -1.79. The van der Waals surface area contributed by atoms with Crippen LogP contribution in [0.15, 0.2) is 24.3 Å². The van der Waals surface area contributed by atoms with Crippen molar-refractivity contribution in [3.05, 3.63) is 30.1 Å². The molecule has 4 saturated heterocycles. The number of fused-ring (bicyclic) bond motifs is 8. The van der Waals surface area contributed by atoms with E-state index in [2.05, 4.69) is 0 Å². The van der Waals surface area contributed by atoms with Crippen LogP contribution < -0.4 is 4.90 Å². The van der Waals surface area contributed by atoms with Gasteiger partial charge < -0.3 is 9.47 Å². The van der Waals surface area contributed by atoms with Gasteiger partial charge in [0, 0.05) is 0 Å². The number of benzene rings is 1. The van der Waals surface area contributed by atoms with Gasteiger partial charge in [-0.2, -0.15) is 0 Å². The molecule has 1 aromatic carbocycles. The van der Waals surface area contributed by atoms with Crippen LogP contribution in [0.4, 0.5) is 10.1 Å². The first kappa shape index (κ1) is 10.9. The highest BCUT2D eigenvalue weighted by Crippen LogP contribution is 2.57. The molecule has 6 unspecified atom stereocenters. The molecule has 5 nitrogen and oxygen atoms in total. The lowest BCUT2D eigenvalue weighted by atomic mass is 9.81. The summed E-state index contributed by atoms with van der Waals surface area (Å²) in [6, 6.07) is 5.39. The van der Waals surface area contributed by atoms with Gasteiger partial charge in [-0.3, -0.25) is 9.59 Å². The monoisotopic (exact) mass is 275 g/mol. The number of nitrogens with zero attached hydrogens (tertiary/aromatic N) is 1. The summed E-state index contributed by atoms with van der Waals surface area (Å²) in [6.45, 7) is 0. The zero-order chi connectivity index (χ0) is 13.6. The minimum Gasteiger partial charge on any atom is -0.368 e. The van der Waals surface area contributed by atoms with Crippen molar-refractivity contribution in [1.82, 2.24) is 0 Å². The van der Waals surface area contributed by atoms with Gasteiger partial charge in [-0.05, 0) is 24.3 Å². The van der Waals surface area contributed by atoms with E-state index < -0.39 is 17.7 Å². The molecule has 0 N–H and O–H groups in total. The van der Waals surface area contributed by atoms with E-state index in [1.807, 2.05) is 0 Å². The fourth-order valence-corrected chi connectivity index (χ4v) is 3.83. The van der Waals surface area contributed by atoms with Crippen molar-refractivity contribution in [2.45, 2.75) is 24.4 Å². The maximum absolute atomic E-state index is 13.0. The van der Waals surface area contributed by atoms with Gasteiger partial charge in [0.2, 0.25) is 11.8 Å². The van der Waals surface area contributed by atoms with Gasteiger partial charge in [-0.1, -0.05) is 0 Å². The van der Waals surface area contributed by atoms with E-state index >= 15 is 0 Å². The molecular formula is C14H10FNO4. The van der Waals surface area contributed by atoms with Gasteiger partial charge in [0.05, 0.1) is 29.7 Å². The minimum absolute atomic E-state index is 0.0221. The molecule has 5 rings (SSSR count). The maximum atomic E-state index is 13.0. The first-order valence-corrected chi connectivity index (χ1v) is 6.61. The summed E-state index contributed by atoms with van der Waals surface area (Å²) in [5.74, 6) is -1.80. The molecule has 2 amide bonds. The molecular weight excluding hydrogens is 265 g/mol. The third kappa shape index (κ3) is 1.11. The summed E-state index contributed by atoms with van der Waals surface area (Å²) in [4.78, 5) is 26.2. The summed E-state index contributed by atoms with van der Waals surface area (Å²) in [6.07, 6.45) is -0.633. The predicted molar refractivity (Wildman–Crippen MR) is 63.2 cm³/mol. The molecule has 0 aromatic heterocycles. The SMILES string of the molecule is O=C1C2C3OC(C4OC43)C2C(=O)N1c1ccc(F)cc1. The Kier molecular flexibility index (Phi) is 1.79. The van der Waals surface area contributed by atoms with Crippen LogP contribution in [0.3, 0.4) is 0 Å². The predicted octanol–water partition coefficient (Wildman–Crippen LogP) is 0.480. The topological polar surface area (TPSA) is 59.1 Å². The van der Waals surface area contributed by atoms with Crippen molar-refractivity contribution >= 4 is 17.5 Å². The maximum Gasteiger partial charge on any atom is 0.240 e. The van der Waals surface area contributed by atoms with Gasteiger partial charge in [-0.15, -0.1) is 0 Å². The Morgan fingerprint density at radius 1 is 0.850 bits per heavy atom. The smallest absolute Gasteiger partial charge is 0.240 e. The first-order valence-electron chi connectivity index (χ1n) is 6.61. The standard InChI is InChI=1S/C14H10FNO4/c15-5-1-3-6(4-2-5)16-13(17)7-8(14(16)18)10-12-11(20-12)9(7)19-10/h1-4,7-12H. The third-order valence-electron chi connectivity index (χ3n) is 4.71. The second-order valence-electron chi connectivity index (χ2n) is 5.67. The summed E-state index contributed by atoms with van der Waals surface area (Å²) in [5.41, 5.74) is 0.421. The van der Waals surface area contributed by atoms with Gasteiger partial charge in [0.15, 0.2) is 0 Å². The van der Waals surface area contributed by atoms with E-state index in [0.29, 0.717) is 5.69 Å². The lowest BCUT2D eigenvalue weighted by Gasteiger charge is -2.18. The number of hydrogen-bond acceptors (Lipinski definition) is 4. The highest BCUT2D eigenvalue weighted by Gasteiger charge is 2.75. The number of hydrogen-bond donors (Lipinski definition) is 0. The van der Waals surface area contributed by atoms with E-state index in [9.17, 15) is 14.0 Å². The highest BCUT2D eigenvalue weighted by molar-refractivity contribution is 6.23. The van der Waals surface area contributed by atoms with Crippen molar-refractivity contribution in [1.29, 1.82) is 0 Å². The Balaban J connectivity index is 1.56. The van der Waals surface area contributed by atoms with Crippen molar-refractivity contribution < 1.29 is 23.5 Å². The van der Waals surface area contributed by atoms with Crippen molar-refractivity contribution in [3.63, 3.8) is 0 Å². The zero-order valence-corrected chi connectivity index (χ0v) is 10.2. The average molecular weight is 275 g/mol. The Labute approximate surface area is 113 Å². The largest absolute Gasteiger partial charge is 0.368 e. The second-order valence-corrected chi connectivity index (χ2v) is 5.67. The number of carbonyl (C=O) groups excluding carboxylic acids is 2. The van der Waals surface area contributed by atoms with Gasteiger partial charge >= 0.3 is 0 Å². The second kappa shape index (κ2) is 3.27. The summed E-state index contributed by atoms with van der Waals surface area (Å²) < 4.78 is 24.1. The molecule has 4 aliphatic rings. The molecule has 6 heteroatoms. The molecule has 20 heavy (non-hydrogen) atoms. The highest BCUT2D eigenvalue weighted by atomic mass is 19.1. The lowest BCUT2D eigenvalue weighted by molar-refractivity contribution is -0.126. The average Bonchev–Trinajstić information content (AvgIpc) is 2.96. The van der Waals surface area contributed by atoms with E-state index in [-0.39, 0.29) is 36.2 Å². The van der Waals surface area contributed by atoms with Gasteiger partial charge in [0.1, 0.15) is 18.0 Å². The van der Waals surface area contributed by atoms with E-state index in [1.165, 1.54) is 29.2 Å². The summed E-state index contributed by atoms with van der Waals surface area (Å²) >= 11 is 0. The number of ether oxygens (including phenoxy) is 2. The molecule has 1 aromatic rings. The molecule has 0 aliphatic carbocycles. The normalized spacial score (nSPS) is 44.0. The molecule has 4 fully saturated rings. The van der Waals surface area contributed by atoms with Crippen molar-refractivity contribution in [3.8, 4) is 0 Å². The molecule has 4 heterocycles. The Morgan fingerprint density at radius 2 is 1.35 bits per heavy atom. The van der Waals surface area contributed by atoms with Crippen LogP contribution in [0.2, 0.25) is 0 Å². The van der Waals surface area contributed by atoms with E-state index in [0.717, 1.165) is 0 Å². The number of carbonyl (C=O) groups is 2. The number of imide groups is 1. The summed E-state index contributed by atoms with van der Waals surface area (Å²) in [7, 11) is 0. The fraction of sp³-hybridized carbons (Fsp3) is 0.429. The quantitative estimate of drug-likeness (QED) is 0.552. The van der Waals surface area contributed by atoms with Crippen LogP contribution >= 0.6 is 0 Å². The number of amides is 2. The molecule has 2 bridgehead atoms. The summed E-state index contributed by atoms with van der Waals surface area (Å²) in [5, 5.41) is 0. The van der Waals surface area contributed by atoms with Gasteiger partial charge in [0.25, 0.3) is 0 Å². The van der Waals surface area contributed by atoms with Crippen LogP contribution in [-0.4, -0.2) is 36.2 Å². The van der Waals surface area contributed by atoms with Crippen molar-refractivity contribution in [2.24, 2.45) is 11.8 Å². The third-order valence-corrected chi connectivity index (χ3v) is 4.71. The molecule has 0 radical (unpaired) electrons. The number of anilines is 1. The Morgan fingerprint density at radius 3 is 1.90 bits per heavy atom. The molecule has 4 aliphatic heterocycles. The molecule has 0 spiro atoms. The van der Waals surface area contributed by atoms with Crippen LogP contribution in [0, 0.1) is 17.7 Å². The van der Waals surface area contributed by atoms with Crippen LogP contribution in [0.25, 0.3) is 0 Å². The lowest BCUT2D eigenvalue weighted by Crippen LogP contribution is -2.35. The molecule has 0 saturated carbocycles. The molecule has 6 atom stereocenters. The minimum atomic E-state index is -0.443. The number of halogens is 1. The number of rotatable bonds is 1. The fourth-order valence-electron chi connectivity index (χ4n) is 3.83. The molecule has 102 valence electrons. The van der Waals surface area contributed by atoms with E-state index in [4.69, 9.17) is 9.47 Å². The number of epoxide rings is 1. The van der Waals surface area contributed by atoms with Crippen molar-refractivity contribution in [2.75, 3.05) is 4.90 Å². The van der Waals surface area contributed by atoms with Crippen LogP contribution in [0.5, 0.6) is 0 Å². The Bertz CT molecular complexity index is 613.